The Morgan fingerprint density at radius 3 is 2.84 bits per heavy atom. The van der Waals surface area contributed by atoms with Crippen molar-refractivity contribution in [3.8, 4) is 0 Å². The number of amides is 1. The number of nitrogens with one attached hydrogen (secondary N) is 1. The van der Waals surface area contributed by atoms with Crippen molar-refractivity contribution in [3.63, 3.8) is 0 Å². The second-order valence-electron chi connectivity index (χ2n) is 6.64. The fraction of sp³-hybridized carbons (Fsp3) is 0.190. The van der Waals surface area contributed by atoms with Crippen LogP contribution in [0.5, 0.6) is 0 Å². The molecule has 0 radical (unpaired) electrons. The summed E-state index contributed by atoms with van der Waals surface area (Å²) in [6, 6.07) is 16.3. The minimum absolute atomic E-state index is 0.100. The summed E-state index contributed by atoms with van der Waals surface area (Å²) in [7, 11) is 0. The molecule has 1 N–H and O–H groups in total. The number of H-pyrrole nitrogens is 1. The molecular formula is C21H19N3O. The van der Waals surface area contributed by atoms with Crippen molar-refractivity contribution in [3.05, 3.63) is 78.0 Å². The highest BCUT2D eigenvalue weighted by Crippen LogP contribution is 2.43. The SMILES string of the molecule is C=CCN1c2ccccc2C(=O)N2CCc3c([nH]c4ccccc34)C21. The molecule has 5 rings (SSSR count). The number of carbonyl (C=O) groups excluding carboxylic acids is 1. The van der Waals surface area contributed by atoms with Crippen LogP contribution < -0.4 is 4.90 Å². The summed E-state index contributed by atoms with van der Waals surface area (Å²) in [5.74, 6) is 0.116. The van der Waals surface area contributed by atoms with E-state index in [-0.39, 0.29) is 12.1 Å². The molecule has 2 aliphatic rings. The normalized spacial score (nSPS) is 18.7. The molecule has 0 saturated heterocycles. The topological polar surface area (TPSA) is 39.3 Å². The molecule has 0 fully saturated rings. The molecule has 4 heteroatoms. The summed E-state index contributed by atoms with van der Waals surface area (Å²) >= 11 is 0. The summed E-state index contributed by atoms with van der Waals surface area (Å²) in [6.07, 6.45) is 2.68. The zero-order valence-electron chi connectivity index (χ0n) is 13.9. The maximum atomic E-state index is 13.1. The molecule has 2 aliphatic heterocycles. The largest absolute Gasteiger partial charge is 0.355 e. The zero-order valence-corrected chi connectivity index (χ0v) is 13.9. The van der Waals surface area contributed by atoms with Gasteiger partial charge >= 0.3 is 0 Å². The first-order valence-electron chi connectivity index (χ1n) is 8.66. The van der Waals surface area contributed by atoms with Crippen LogP contribution in [0.25, 0.3) is 10.9 Å². The molecule has 3 heterocycles. The van der Waals surface area contributed by atoms with Crippen LogP contribution in [0.3, 0.4) is 0 Å². The number of aromatic amines is 1. The van der Waals surface area contributed by atoms with Crippen LogP contribution >= 0.6 is 0 Å². The van der Waals surface area contributed by atoms with Gasteiger partial charge in [0.2, 0.25) is 0 Å². The second kappa shape index (κ2) is 5.24. The fourth-order valence-corrected chi connectivity index (χ4v) is 4.29. The number of fused-ring (bicyclic) bond motifs is 6. The molecule has 0 bridgehead atoms. The first-order chi connectivity index (χ1) is 12.3. The van der Waals surface area contributed by atoms with Gasteiger partial charge in [0.25, 0.3) is 5.91 Å². The summed E-state index contributed by atoms with van der Waals surface area (Å²) in [6.45, 7) is 5.36. The lowest BCUT2D eigenvalue weighted by Gasteiger charge is -2.47. The van der Waals surface area contributed by atoms with Gasteiger partial charge in [-0.25, -0.2) is 0 Å². The number of para-hydroxylation sites is 2. The van der Waals surface area contributed by atoms with Gasteiger partial charge in [-0.05, 0) is 30.2 Å². The Morgan fingerprint density at radius 2 is 1.96 bits per heavy atom. The van der Waals surface area contributed by atoms with E-state index in [1.54, 1.807) is 0 Å². The van der Waals surface area contributed by atoms with E-state index in [4.69, 9.17) is 0 Å². The molecule has 25 heavy (non-hydrogen) atoms. The predicted octanol–water partition coefficient (Wildman–Crippen LogP) is 3.87. The highest BCUT2D eigenvalue weighted by molar-refractivity contribution is 6.02. The van der Waals surface area contributed by atoms with Crippen molar-refractivity contribution in [2.45, 2.75) is 12.6 Å². The molecule has 4 nitrogen and oxygen atoms in total. The highest BCUT2D eigenvalue weighted by atomic mass is 16.2. The Morgan fingerprint density at radius 1 is 1.16 bits per heavy atom. The fourth-order valence-electron chi connectivity index (χ4n) is 4.29. The summed E-state index contributed by atoms with van der Waals surface area (Å²) in [5, 5.41) is 1.27. The molecular weight excluding hydrogens is 310 g/mol. The van der Waals surface area contributed by atoms with Gasteiger partial charge in [0.15, 0.2) is 0 Å². The molecule has 1 unspecified atom stereocenters. The summed E-state index contributed by atoms with van der Waals surface area (Å²) < 4.78 is 0. The third-order valence-corrected chi connectivity index (χ3v) is 5.33. The molecule has 3 aromatic rings. The van der Waals surface area contributed by atoms with Crippen LogP contribution in [0.4, 0.5) is 5.69 Å². The third kappa shape index (κ3) is 1.91. The zero-order chi connectivity index (χ0) is 17.0. The molecule has 2 aromatic carbocycles. The number of nitrogens with zero attached hydrogens (tertiary/aromatic N) is 2. The maximum Gasteiger partial charge on any atom is 0.257 e. The van der Waals surface area contributed by atoms with Gasteiger partial charge in [-0.3, -0.25) is 4.79 Å². The monoisotopic (exact) mass is 329 g/mol. The van der Waals surface area contributed by atoms with Crippen molar-refractivity contribution >= 4 is 22.5 Å². The Kier molecular flexibility index (Phi) is 3.01. The van der Waals surface area contributed by atoms with E-state index in [2.05, 4.69) is 34.7 Å². The Bertz CT molecular complexity index is 1000. The van der Waals surface area contributed by atoms with Crippen molar-refractivity contribution in [2.24, 2.45) is 0 Å². The smallest absolute Gasteiger partial charge is 0.257 e. The number of hydrogen-bond acceptors (Lipinski definition) is 2. The average Bonchev–Trinajstić information content (AvgIpc) is 3.03. The van der Waals surface area contributed by atoms with E-state index in [9.17, 15) is 4.79 Å². The van der Waals surface area contributed by atoms with Crippen LogP contribution in [0.2, 0.25) is 0 Å². The number of carbonyl (C=O) groups is 1. The van der Waals surface area contributed by atoms with E-state index < -0.39 is 0 Å². The van der Waals surface area contributed by atoms with Gasteiger partial charge in [-0.15, -0.1) is 6.58 Å². The Hall–Kier alpha value is -3.01. The second-order valence-corrected chi connectivity index (χ2v) is 6.64. The lowest BCUT2D eigenvalue weighted by atomic mass is 9.95. The van der Waals surface area contributed by atoms with Gasteiger partial charge in [0.1, 0.15) is 6.17 Å². The molecule has 0 saturated carbocycles. The Labute approximate surface area is 146 Å². The van der Waals surface area contributed by atoms with E-state index in [0.29, 0.717) is 6.54 Å². The standard InChI is InChI=1S/C21H19N3O/c1-2-12-23-18-10-6-4-8-16(18)21(25)24-13-11-15-14-7-3-5-9-17(14)22-19(15)20(23)24/h2-10,20,22H,1,11-13H2. The van der Waals surface area contributed by atoms with Crippen molar-refractivity contribution < 1.29 is 4.79 Å². The first-order valence-corrected chi connectivity index (χ1v) is 8.66. The molecule has 1 amide bonds. The minimum atomic E-state index is -0.100. The number of aromatic nitrogens is 1. The van der Waals surface area contributed by atoms with Gasteiger partial charge < -0.3 is 14.8 Å². The van der Waals surface area contributed by atoms with Gasteiger partial charge in [0.05, 0.1) is 16.9 Å². The van der Waals surface area contributed by atoms with Crippen LogP contribution in [-0.4, -0.2) is 28.9 Å². The lowest BCUT2D eigenvalue weighted by molar-refractivity contribution is 0.0631. The Balaban J connectivity index is 1.75. The van der Waals surface area contributed by atoms with Crippen LogP contribution in [0.1, 0.15) is 27.8 Å². The first kappa shape index (κ1) is 14.3. The molecule has 0 aliphatic carbocycles. The van der Waals surface area contributed by atoms with E-state index in [1.165, 1.54) is 10.9 Å². The van der Waals surface area contributed by atoms with E-state index >= 15 is 0 Å². The van der Waals surface area contributed by atoms with Crippen LogP contribution in [0.15, 0.2) is 61.2 Å². The third-order valence-electron chi connectivity index (χ3n) is 5.33. The number of anilines is 1. The summed E-state index contributed by atoms with van der Waals surface area (Å²) in [4.78, 5) is 20.9. The lowest BCUT2D eigenvalue weighted by Crippen LogP contribution is -2.52. The van der Waals surface area contributed by atoms with Crippen LogP contribution in [0, 0.1) is 0 Å². The minimum Gasteiger partial charge on any atom is -0.355 e. The molecule has 1 atom stereocenters. The number of hydrogen-bond donors (Lipinski definition) is 1. The van der Waals surface area contributed by atoms with Crippen molar-refractivity contribution in [1.29, 1.82) is 0 Å². The number of rotatable bonds is 2. The van der Waals surface area contributed by atoms with Crippen LogP contribution in [-0.2, 0) is 6.42 Å². The van der Waals surface area contributed by atoms with Crippen molar-refractivity contribution in [2.75, 3.05) is 18.0 Å². The molecule has 124 valence electrons. The van der Waals surface area contributed by atoms with Crippen molar-refractivity contribution in [1.82, 2.24) is 9.88 Å². The van der Waals surface area contributed by atoms with Gasteiger partial charge in [0, 0.05) is 24.0 Å². The highest BCUT2D eigenvalue weighted by Gasteiger charge is 2.42. The van der Waals surface area contributed by atoms with Gasteiger partial charge in [-0.1, -0.05) is 36.4 Å². The average molecular weight is 329 g/mol. The molecule has 1 aromatic heterocycles. The predicted molar refractivity (Wildman–Crippen MR) is 99.8 cm³/mol. The summed E-state index contributed by atoms with van der Waals surface area (Å²) in [5.41, 5.74) is 5.37. The number of benzene rings is 2. The maximum absolute atomic E-state index is 13.1. The van der Waals surface area contributed by atoms with Gasteiger partial charge in [-0.2, -0.15) is 0 Å². The quantitative estimate of drug-likeness (QED) is 0.725. The molecule has 0 spiro atoms. The van der Waals surface area contributed by atoms with E-state index in [0.717, 1.165) is 35.4 Å². The van der Waals surface area contributed by atoms with E-state index in [1.807, 2.05) is 41.3 Å².